The Bertz CT molecular complexity index is 845. The van der Waals surface area contributed by atoms with Crippen LogP contribution in [0.4, 0.5) is 0 Å². The fraction of sp³-hybridized carbons (Fsp3) is 0.333. The quantitative estimate of drug-likeness (QED) is 0.476. The monoisotopic (exact) mass is 385 g/mol. The van der Waals surface area contributed by atoms with Crippen molar-refractivity contribution in [3.8, 4) is 34.8 Å². The Kier molecular flexibility index (Phi) is 7.52. The van der Waals surface area contributed by atoms with Gasteiger partial charge in [0, 0.05) is 6.07 Å². The van der Waals surface area contributed by atoms with Crippen LogP contribution in [0.2, 0.25) is 0 Å². The summed E-state index contributed by atoms with van der Waals surface area (Å²) in [6.07, 6.45) is 0. The highest BCUT2D eigenvalue weighted by Gasteiger charge is 2.20. The van der Waals surface area contributed by atoms with E-state index in [9.17, 15) is 4.79 Å². The summed E-state index contributed by atoms with van der Waals surface area (Å²) >= 11 is 0. The third-order valence-corrected chi connectivity index (χ3v) is 3.64. The normalized spacial score (nSPS) is 9.96. The van der Waals surface area contributed by atoms with Gasteiger partial charge in [0.05, 0.1) is 44.1 Å². The molecule has 7 heteroatoms. The van der Waals surface area contributed by atoms with Crippen LogP contribution in [-0.2, 0) is 0 Å². The van der Waals surface area contributed by atoms with Crippen LogP contribution in [-0.4, -0.2) is 32.9 Å². The molecule has 7 nitrogen and oxygen atoms in total. The number of carbonyl (C=O) groups excluding carboxylic acids is 1. The van der Waals surface area contributed by atoms with Crippen molar-refractivity contribution in [3.05, 3.63) is 41.5 Å². The molecule has 28 heavy (non-hydrogen) atoms. The fourth-order valence-electron chi connectivity index (χ4n) is 2.49. The predicted octanol–water partition coefficient (Wildman–Crippen LogP) is 3.98. The Morgan fingerprint density at radius 1 is 0.893 bits per heavy atom. The number of nitrogens with zero attached hydrogens (tertiary/aromatic N) is 1. The number of rotatable bonds is 9. The summed E-state index contributed by atoms with van der Waals surface area (Å²) in [5.74, 6) is 1.11. The lowest BCUT2D eigenvalue weighted by molar-refractivity contribution is 0.0728. The Morgan fingerprint density at radius 3 is 2.00 bits per heavy atom. The molecule has 0 fully saturated rings. The molecule has 0 radical (unpaired) electrons. The molecule has 0 N–H and O–H groups in total. The van der Waals surface area contributed by atoms with Crippen molar-refractivity contribution < 1.29 is 28.5 Å². The zero-order chi connectivity index (χ0) is 20.5. The lowest BCUT2D eigenvalue weighted by Gasteiger charge is -2.17. The van der Waals surface area contributed by atoms with Crippen LogP contribution >= 0.6 is 0 Å². The van der Waals surface area contributed by atoms with Gasteiger partial charge in [0.1, 0.15) is 0 Å². The zero-order valence-electron chi connectivity index (χ0n) is 16.4. The summed E-state index contributed by atoms with van der Waals surface area (Å²) in [5.41, 5.74) is 0.636. The van der Waals surface area contributed by atoms with Gasteiger partial charge in [0.25, 0.3) is 0 Å². The van der Waals surface area contributed by atoms with Crippen LogP contribution in [0.1, 0.15) is 36.7 Å². The molecular weight excluding hydrogens is 362 g/mol. The maximum absolute atomic E-state index is 12.7. The summed E-state index contributed by atoms with van der Waals surface area (Å²) in [6, 6.07) is 9.66. The highest BCUT2D eigenvalue weighted by Crippen LogP contribution is 2.39. The number of esters is 1. The van der Waals surface area contributed by atoms with Crippen LogP contribution in [0.15, 0.2) is 30.3 Å². The van der Waals surface area contributed by atoms with E-state index in [2.05, 4.69) is 0 Å². The van der Waals surface area contributed by atoms with E-state index in [4.69, 9.17) is 28.9 Å². The molecular formula is C21H23NO6. The molecule has 0 aliphatic carbocycles. The first kappa shape index (κ1) is 20.9. The minimum Gasteiger partial charge on any atom is -0.493 e. The van der Waals surface area contributed by atoms with E-state index in [1.165, 1.54) is 19.2 Å². The molecule has 2 aromatic carbocycles. The first-order valence-corrected chi connectivity index (χ1v) is 8.94. The van der Waals surface area contributed by atoms with E-state index in [0.29, 0.717) is 42.6 Å². The third-order valence-electron chi connectivity index (χ3n) is 3.64. The highest BCUT2D eigenvalue weighted by atomic mass is 16.6. The van der Waals surface area contributed by atoms with Crippen LogP contribution in [0.5, 0.6) is 28.7 Å². The lowest BCUT2D eigenvalue weighted by atomic mass is 10.1. The number of methoxy groups -OCH3 is 1. The van der Waals surface area contributed by atoms with Crippen molar-refractivity contribution in [2.75, 3.05) is 26.9 Å². The van der Waals surface area contributed by atoms with Gasteiger partial charge < -0.3 is 23.7 Å². The molecule has 0 amide bonds. The second-order valence-corrected chi connectivity index (χ2v) is 5.47. The summed E-state index contributed by atoms with van der Waals surface area (Å²) < 4.78 is 27.5. The number of benzene rings is 2. The first-order chi connectivity index (χ1) is 13.6. The molecule has 0 heterocycles. The van der Waals surface area contributed by atoms with Crippen molar-refractivity contribution in [3.63, 3.8) is 0 Å². The van der Waals surface area contributed by atoms with E-state index in [1.54, 1.807) is 18.2 Å². The standard InChI is InChI=1S/C21H23NO6/c1-5-25-18-11-15(12-19(26-6-2)20(18)27-7-3)21(23)28-16-9-8-14(13-22)10-17(16)24-4/h8-12H,5-7H2,1-4H3. The molecule has 0 atom stereocenters. The van der Waals surface area contributed by atoms with E-state index in [1.807, 2.05) is 26.8 Å². The molecule has 0 saturated carbocycles. The number of ether oxygens (including phenoxy) is 5. The van der Waals surface area contributed by atoms with Crippen LogP contribution in [0.3, 0.4) is 0 Å². The molecule has 0 aliphatic rings. The second kappa shape index (κ2) is 10.1. The van der Waals surface area contributed by atoms with Gasteiger partial charge in [-0.3, -0.25) is 0 Å². The fourth-order valence-corrected chi connectivity index (χ4v) is 2.49. The number of hydrogen-bond acceptors (Lipinski definition) is 7. The SMILES string of the molecule is CCOc1cc(C(=O)Oc2ccc(C#N)cc2OC)cc(OCC)c1OCC. The molecule has 148 valence electrons. The lowest BCUT2D eigenvalue weighted by Crippen LogP contribution is -2.11. The summed E-state index contributed by atoms with van der Waals surface area (Å²) in [5, 5.41) is 8.99. The van der Waals surface area contributed by atoms with Gasteiger partial charge >= 0.3 is 5.97 Å². The van der Waals surface area contributed by atoms with Gasteiger partial charge in [-0.05, 0) is 45.0 Å². The summed E-state index contributed by atoms with van der Waals surface area (Å²) in [6.45, 7) is 6.74. The van der Waals surface area contributed by atoms with E-state index >= 15 is 0 Å². The molecule has 0 aliphatic heterocycles. The molecule has 0 unspecified atom stereocenters. The maximum Gasteiger partial charge on any atom is 0.343 e. The molecule has 0 saturated heterocycles. The average molecular weight is 385 g/mol. The van der Waals surface area contributed by atoms with Crippen molar-refractivity contribution >= 4 is 5.97 Å². The van der Waals surface area contributed by atoms with Crippen molar-refractivity contribution in [2.45, 2.75) is 20.8 Å². The van der Waals surface area contributed by atoms with Crippen molar-refractivity contribution in [1.82, 2.24) is 0 Å². The molecule has 2 aromatic rings. The first-order valence-electron chi connectivity index (χ1n) is 8.94. The topological polar surface area (TPSA) is 87.0 Å². The van der Waals surface area contributed by atoms with Crippen LogP contribution < -0.4 is 23.7 Å². The van der Waals surface area contributed by atoms with Gasteiger partial charge in [-0.25, -0.2) is 4.79 Å². The minimum absolute atomic E-state index is 0.205. The Hall–Kier alpha value is -3.40. The second-order valence-electron chi connectivity index (χ2n) is 5.47. The van der Waals surface area contributed by atoms with Crippen molar-refractivity contribution in [2.24, 2.45) is 0 Å². The van der Waals surface area contributed by atoms with E-state index < -0.39 is 5.97 Å². The van der Waals surface area contributed by atoms with Gasteiger partial charge in [0.15, 0.2) is 23.0 Å². The van der Waals surface area contributed by atoms with Gasteiger partial charge in [-0.15, -0.1) is 0 Å². The van der Waals surface area contributed by atoms with Crippen LogP contribution in [0.25, 0.3) is 0 Å². The third kappa shape index (κ3) is 4.86. The van der Waals surface area contributed by atoms with Crippen molar-refractivity contribution in [1.29, 1.82) is 5.26 Å². The molecule has 0 aromatic heterocycles. The predicted molar refractivity (Wildman–Crippen MR) is 103 cm³/mol. The number of carbonyl (C=O) groups is 1. The Morgan fingerprint density at radius 2 is 1.50 bits per heavy atom. The van der Waals surface area contributed by atoms with E-state index in [0.717, 1.165) is 0 Å². The van der Waals surface area contributed by atoms with Crippen LogP contribution in [0, 0.1) is 11.3 Å². The zero-order valence-corrected chi connectivity index (χ0v) is 16.4. The highest BCUT2D eigenvalue weighted by molar-refractivity contribution is 5.93. The largest absolute Gasteiger partial charge is 0.493 e. The smallest absolute Gasteiger partial charge is 0.343 e. The summed E-state index contributed by atoms with van der Waals surface area (Å²) in [7, 11) is 1.44. The Balaban J connectivity index is 2.40. The van der Waals surface area contributed by atoms with Gasteiger partial charge in [-0.2, -0.15) is 5.26 Å². The Labute approximate surface area is 164 Å². The maximum atomic E-state index is 12.7. The molecule has 0 spiro atoms. The van der Waals surface area contributed by atoms with Gasteiger partial charge in [-0.1, -0.05) is 0 Å². The molecule has 2 rings (SSSR count). The number of hydrogen-bond donors (Lipinski definition) is 0. The summed E-state index contributed by atoms with van der Waals surface area (Å²) in [4.78, 5) is 12.7. The van der Waals surface area contributed by atoms with E-state index in [-0.39, 0.29) is 17.1 Å². The number of nitriles is 1. The molecule has 0 bridgehead atoms. The average Bonchev–Trinajstić information content (AvgIpc) is 2.70. The minimum atomic E-state index is -0.618. The van der Waals surface area contributed by atoms with Gasteiger partial charge in [0.2, 0.25) is 5.75 Å².